The van der Waals surface area contributed by atoms with Crippen LogP contribution < -0.4 is 5.32 Å². The number of aliphatic carboxylic acids is 1. The molecule has 122 valence electrons. The third kappa shape index (κ3) is 4.54. The number of carboxylic acid groups (broad SMARTS) is 1. The molecule has 0 aromatic heterocycles. The van der Waals surface area contributed by atoms with Gasteiger partial charge in [0.25, 0.3) is 5.91 Å². The minimum atomic E-state index is -3.45. The Morgan fingerprint density at radius 1 is 1.36 bits per heavy atom. The average Bonchev–Trinajstić information content (AvgIpc) is 2.45. The maximum Gasteiger partial charge on any atom is 0.334 e. The molecular weight excluding hydrogens is 310 g/mol. The van der Waals surface area contributed by atoms with Crippen LogP contribution in [0.2, 0.25) is 0 Å². The summed E-state index contributed by atoms with van der Waals surface area (Å²) in [6.07, 6.45) is 0.442. The van der Waals surface area contributed by atoms with E-state index in [4.69, 9.17) is 9.84 Å². The number of benzene rings is 1. The van der Waals surface area contributed by atoms with E-state index in [1.807, 2.05) is 6.92 Å². The summed E-state index contributed by atoms with van der Waals surface area (Å²) in [7, 11) is -2.22. The minimum Gasteiger partial charge on any atom is -0.479 e. The standard InChI is InChI=1S/C14H19NO6S/c1-4-9-5-6-10(7-12(9)22(3,19)20)13(16)15-8-11(21-2)14(17)18/h5-7,11H,4,8H2,1-3H3,(H,15,16)(H,17,18). The summed E-state index contributed by atoms with van der Waals surface area (Å²) < 4.78 is 28.2. The van der Waals surface area contributed by atoms with E-state index in [0.29, 0.717) is 12.0 Å². The van der Waals surface area contributed by atoms with E-state index in [0.717, 1.165) is 6.26 Å². The Morgan fingerprint density at radius 2 is 2.00 bits per heavy atom. The molecule has 0 radical (unpaired) electrons. The second-order valence-electron chi connectivity index (χ2n) is 4.72. The monoisotopic (exact) mass is 329 g/mol. The zero-order chi connectivity index (χ0) is 16.9. The fourth-order valence-corrected chi connectivity index (χ4v) is 2.92. The van der Waals surface area contributed by atoms with Gasteiger partial charge in [-0.3, -0.25) is 4.79 Å². The molecule has 1 atom stereocenters. The van der Waals surface area contributed by atoms with Crippen molar-refractivity contribution in [2.45, 2.75) is 24.3 Å². The molecule has 0 saturated carbocycles. The molecule has 1 amide bonds. The number of aryl methyl sites for hydroxylation is 1. The van der Waals surface area contributed by atoms with E-state index in [2.05, 4.69) is 5.32 Å². The molecule has 1 rings (SSSR count). The van der Waals surface area contributed by atoms with Gasteiger partial charge in [0.05, 0.1) is 11.4 Å². The van der Waals surface area contributed by atoms with Gasteiger partial charge in [-0.2, -0.15) is 0 Å². The summed E-state index contributed by atoms with van der Waals surface area (Å²) in [5.74, 6) is -1.75. The van der Waals surface area contributed by atoms with Crippen molar-refractivity contribution in [3.05, 3.63) is 29.3 Å². The molecule has 7 nitrogen and oxygen atoms in total. The van der Waals surface area contributed by atoms with Gasteiger partial charge in [0.1, 0.15) is 0 Å². The van der Waals surface area contributed by atoms with Crippen LogP contribution in [0.1, 0.15) is 22.8 Å². The molecule has 0 heterocycles. The molecule has 0 aliphatic rings. The van der Waals surface area contributed by atoms with E-state index >= 15 is 0 Å². The number of hydrogen-bond donors (Lipinski definition) is 2. The number of carbonyl (C=O) groups is 2. The molecule has 8 heteroatoms. The Bertz CT molecular complexity index is 668. The van der Waals surface area contributed by atoms with Crippen molar-refractivity contribution in [2.24, 2.45) is 0 Å². The summed E-state index contributed by atoms with van der Waals surface area (Å²) in [5.41, 5.74) is 0.775. The zero-order valence-electron chi connectivity index (χ0n) is 12.6. The maximum atomic E-state index is 12.0. The van der Waals surface area contributed by atoms with Crippen molar-refractivity contribution < 1.29 is 27.9 Å². The fourth-order valence-electron chi connectivity index (χ4n) is 1.89. The summed E-state index contributed by atoms with van der Waals surface area (Å²) in [6.45, 7) is 1.61. The van der Waals surface area contributed by atoms with E-state index < -0.39 is 27.8 Å². The molecule has 2 N–H and O–H groups in total. The van der Waals surface area contributed by atoms with Gasteiger partial charge < -0.3 is 15.2 Å². The molecule has 0 aliphatic carbocycles. The Balaban J connectivity index is 2.98. The third-order valence-corrected chi connectivity index (χ3v) is 4.30. The van der Waals surface area contributed by atoms with Crippen molar-refractivity contribution >= 4 is 21.7 Å². The Morgan fingerprint density at radius 3 is 2.45 bits per heavy atom. The second-order valence-corrected chi connectivity index (χ2v) is 6.70. The topological polar surface area (TPSA) is 110 Å². The number of rotatable bonds is 7. The van der Waals surface area contributed by atoms with Crippen LogP contribution in [0.25, 0.3) is 0 Å². The Kier molecular flexibility index (Phi) is 6.07. The van der Waals surface area contributed by atoms with E-state index in [1.54, 1.807) is 6.07 Å². The molecule has 22 heavy (non-hydrogen) atoms. The van der Waals surface area contributed by atoms with Crippen molar-refractivity contribution in [3.8, 4) is 0 Å². The Labute approximate surface area is 129 Å². The summed E-state index contributed by atoms with van der Waals surface area (Å²) in [4.78, 5) is 22.9. The molecule has 0 spiro atoms. The van der Waals surface area contributed by atoms with Crippen molar-refractivity contribution in [1.82, 2.24) is 5.32 Å². The second kappa shape index (κ2) is 7.37. The highest BCUT2D eigenvalue weighted by atomic mass is 32.2. The number of methoxy groups -OCH3 is 1. The number of sulfone groups is 1. The maximum absolute atomic E-state index is 12.0. The molecule has 0 saturated heterocycles. The van der Waals surface area contributed by atoms with Crippen LogP contribution in [0, 0.1) is 0 Å². The lowest BCUT2D eigenvalue weighted by Crippen LogP contribution is -2.37. The van der Waals surface area contributed by atoms with E-state index in [-0.39, 0.29) is 17.0 Å². The minimum absolute atomic E-state index is 0.101. The first-order chi connectivity index (χ1) is 10.2. The number of amides is 1. The first-order valence-corrected chi connectivity index (χ1v) is 8.46. The van der Waals surface area contributed by atoms with Crippen molar-refractivity contribution in [2.75, 3.05) is 19.9 Å². The highest BCUT2D eigenvalue weighted by molar-refractivity contribution is 7.90. The smallest absolute Gasteiger partial charge is 0.334 e. The van der Waals surface area contributed by atoms with Crippen molar-refractivity contribution in [1.29, 1.82) is 0 Å². The van der Waals surface area contributed by atoms with Gasteiger partial charge in [0.2, 0.25) is 0 Å². The van der Waals surface area contributed by atoms with Crippen LogP contribution in [-0.4, -0.2) is 51.4 Å². The molecule has 0 aliphatic heterocycles. The first kappa shape index (κ1) is 18.1. The van der Waals surface area contributed by atoms with E-state index in [9.17, 15) is 18.0 Å². The van der Waals surface area contributed by atoms with Crippen molar-refractivity contribution in [3.63, 3.8) is 0 Å². The predicted octanol–water partition coefficient (Wildman–Crippen LogP) is 0.482. The highest BCUT2D eigenvalue weighted by Gasteiger charge is 2.19. The first-order valence-electron chi connectivity index (χ1n) is 6.57. The zero-order valence-corrected chi connectivity index (χ0v) is 13.4. The van der Waals surface area contributed by atoms with Crippen LogP contribution in [0.4, 0.5) is 0 Å². The number of carbonyl (C=O) groups excluding carboxylic acids is 1. The summed E-state index contributed by atoms with van der Waals surface area (Å²) in [6, 6.07) is 4.38. The molecule has 1 aromatic carbocycles. The van der Waals surface area contributed by atoms with Gasteiger partial charge in [-0.15, -0.1) is 0 Å². The summed E-state index contributed by atoms with van der Waals surface area (Å²) in [5, 5.41) is 11.2. The molecule has 1 aromatic rings. The van der Waals surface area contributed by atoms with Gasteiger partial charge >= 0.3 is 5.97 Å². The Hall–Kier alpha value is -1.93. The molecule has 0 bridgehead atoms. The third-order valence-electron chi connectivity index (χ3n) is 3.12. The quantitative estimate of drug-likeness (QED) is 0.753. The van der Waals surface area contributed by atoms with E-state index in [1.165, 1.54) is 19.2 Å². The normalized spacial score (nSPS) is 12.7. The number of nitrogens with one attached hydrogen (secondary N) is 1. The average molecular weight is 329 g/mol. The molecule has 1 unspecified atom stereocenters. The molecule has 0 fully saturated rings. The highest BCUT2D eigenvalue weighted by Crippen LogP contribution is 2.18. The van der Waals surface area contributed by atoms with Crippen LogP contribution >= 0.6 is 0 Å². The molecular formula is C14H19NO6S. The largest absolute Gasteiger partial charge is 0.479 e. The predicted molar refractivity (Wildman–Crippen MR) is 79.7 cm³/mol. The van der Waals surface area contributed by atoms with Crippen LogP contribution in [-0.2, 0) is 25.8 Å². The number of carboxylic acids is 1. The van der Waals surface area contributed by atoms with Gasteiger partial charge in [0, 0.05) is 18.9 Å². The van der Waals surface area contributed by atoms with Gasteiger partial charge in [-0.25, -0.2) is 13.2 Å². The number of ether oxygens (including phenoxy) is 1. The summed E-state index contributed by atoms with van der Waals surface area (Å²) >= 11 is 0. The van der Waals surface area contributed by atoms with Gasteiger partial charge in [0.15, 0.2) is 15.9 Å². The van der Waals surface area contributed by atoms with Gasteiger partial charge in [-0.05, 0) is 24.1 Å². The van der Waals surface area contributed by atoms with Crippen LogP contribution in [0.15, 0.2) is 23.1 Å². The van der Waals surface area contributed by atoms with Gasteiger partial charge in [-0.1, -0.05) is 13.0 Å². The van der Waals surface area contributed by atoms with Crippen LogP contribution in [0.5, 0.6) is 0 Å². The lowest BCUT2D eigenvalue weighted by atomic mass is 10.1. The fraction of sp³-hybridized carbons (Fsp3) is 0.429. The van der Waals surface area contributed by atoms with Crippen LogP contribution in [0.3, 0.4) is 0 Å². The lowest BCUT2D eigenvalue weighted by molar-refractivity contribution is -0.148. The number of hydrogen-bond acceptors (Lipinski definition) is 5. The lowest BCUT2D eigenvalue weighted by Gasteiger charge is -2.13. The SMILES string of the molecule is CCc1ccc(C(=O)NCC(OC)C(=O)O)cc1S(C)(=O)=O.